The number of fused-ring (bicyclic) bond motifs is 6. The van der Waals surface area contributed by atoms with Crippen LogP contribution in [-0.4, -0.2) is 183 Å². The van der Waals surface area contributed by atoms with Crippen LogP contribution in [-0.2, 0) is 103 Å². The molecule has 2 unspecified atom stereocenters. The number of unbranched alkanes of at least 4 members (excludes halogenated alkanes) is 3. The second kappa shape index (κ2) is 37.9. The summed E-state index contributed by atoms with van der Waals surface area (Å²) in [6.07, 6.45) is 4.17. The lowest BCUT2D eigenvalue weighted by Gasteiger charge is -2.31. The van der Waals surface area contributed by atoms with Crippen molar-refractivity contribution >= 4 is 110 Å². The zero-order valence-corrected chi connectivity index (χ0v) is 61.3. The van der Waals surface area contributed by atoms with Gasteiger partial charge in [-0.3, -0.25) is 48.1 Å². The number of cyclic esters (lactones) is 1. The number of nitrogens with one attached hydrogen (secondary N) is 6. The third-order valence-corrected chi connectivity index (χ3v) is 20.1. The van der Waals surface area contributed by atoms with E-state index in [1.807, 2.05) is 13.8 Å². The van der Waals surface area contributed by atoms with E-state index in [0.29, 0.717) is 57.1 Å². The van der Waals surface area contributed by atoms with Crippen LogP contribution in [0.15, 0.2) is 47.3 Å². The van der Waals surface area contributed by atoms with E-state index in [9.17, 15) is 63.0 Å². The summed E-state index contributed by atoms with van der Waals surface area (Å²) >= 11 is 3.91. The van der Waals surface area contributed by atoms with Gasteiger partial charge in [0.1, 0.15) is 31.3 Å². The largest absolute Gasteiger partial charge is 0.481 e. The monoisotopic (exact) mass is 1550 g/mol. The fraction of sp³-hybridized carbons (Fsp3) is 0.571. The zero-order valence-electron chi connectivity index (χ0n) is 58.3. The number of aliphatic carboxylic acids is 1. The fourth-order valence-electron chi connectivity index (χ4n) is 11.9. The van der Waals surface area contributed by atoms with Crippen LogP contribution >= 0.6 is 34.4 Å². The number of amides is 8. The highest BCUT2D eigenvalue weighted by Crippen LogP contribution is 2.45. The van der Waals surface area contributed by atoms with Crippen molar-refractivity contribution in [2.75, 3.05) is 78.1 Å². The smallest absolute Gasteiger partial charge is 0.407 e. The van der Waals surface area contributed by atoms with Gasteiger partial charge in [-0.25, -0.2) is 14.6 Å². The first-order chi connectivity index (χ1) is 48.8. The number of aromatic nitrogens is 2. The molecule has 0 bridgehead atoms. The molecule has 6 atom stereocenters. The number of likely N-dealkylation sites (tertiary alicyclic amines) is 1. The number of thioether (sulfide) groups is 1. The molecular formula is C70H92IN9O21S. The highest BCUT2D eigenvalue weighted by atomic mass is 127. The predicted octanol–water partition coefficient (Wildman–Crippen LogP) is 5.50. The number of benzene rings is 2. The van der Waals surface area contributed by atoms with Crippen molar-refractivity contribution in [2.24, 2.45) is 5.92 Å². The molecule has 0 radical (unpaired) electrons. The second-order valence-corrected chi connectivity index (χ2v) is 30.6. The van der Waals surface area contributed by atoms with Gasteiger partial charge >= 0.3 is 18.0 Å². The second-order valence-electron chi connectivity index (χ2n) is 25.7. The maximum Gasteiger partial charge on any atom is 0.407 e. The summed E-state index contributed by atoms with van der Waals surface area (Å²) < 4.78 is 45.6. The first kappa shape index (κ1) is 79.7. The molecule has 4 aliphatic heterocycles. The summed E-state index contributed by atoms with van der Waals surface area (Å²) in [6.45, 7) is 12.5. The normalized spacial score (nSPS) is 17.2. The average Bonchev–Trinajstić information content (AvgIpc) is 1.54. The van der Waals surface area contributed by atoms with Crippen LogP contribution in [0, 0.1) is 5.92 Å². The number of rotatable bonds is 42. The number of imide groups is 1. The van der Waals surface area contributed by atoms with Gasteiger partial charge in [-0.15, -0.1) is 11.8 Å². The van der Waals surface area contributed by atoms with Crippen molar-refractivity contribution in [2.45, 2.75) is 177 Å². The Morgan fingerprint density at radius 2 is 1.46 bits per heavy atom. The SMILES string of the molecule is CCCCCCC(C)(I)SC1CC(=O)N(CCC(=O)NCCOCCOCCOCCOCCC(=O)N[C@H](CC(C)C)C(=O)N[C@@H](C)C(=O)N[C@@H](CCC(=O)O)C(=O)Nc2ccc(COC(=O)NCc3c4c(nc5cc6c(cc35)OCO6)-c3cc5c(c(=O)n3C4)COC(=O)[C@]5(O)CC)cc2)C1=O. The zero-order chi connectivity index (χ0) is 73.7. The molecule has 0 aliphatic carbocycles. The Morgan fingerprint density at radius 1 is 0.775 bits per heavy atom. The lowest BCUT2D eigenvalue weighted by molar-refractivity contribution is -0.172. The predicted molar refractivity (Wildman–Crippen MR) is 380 cm³/mol. The van der Waals surface area contributed by atoms with Gasteiger partial charge in [0.2, 0.25) is 48.1 Å². The number of carbonyl (C=O) groups excluding carboxylic acids is 9. The number of aliphatic hydroxyl groups is 1. The van der Waals surface area contributed by atoms with Crippen LogP contribution in [0.2, 0.25) is 0 Å². The number of carboxylic acid groups (broad SMARTS) is 1. The Balaban J connectivity index is 0.697. The van der Waals surface area contributed by atoms with E-state index in [1.54, 1.807) is 49.0 Å². The van der Waals surface area contributed by atoms with Crippen LogP contribution in [0.5, 0.6) is 11.5 Å². The van der Waals surface area contributed by atoms with Gasteiger partial charge in [-0.05, 0) is 80.8 Å². The van der Waals surface area contributed by atoms with Gasteiger partial charge < -0.3 is 84.6 Å². The van der Waals surface area contributed by atoms with E-state index < -0.39 is 82.6 Å². The number of nitrogens with zero attached hydrogens (tertiary/aromatic N) is 3. The quantitative estimate of drug-likeness (QED) is 0.00785. The van der Waals surface area contributed by atoms with Gasteiger partial charge in [0.25, 0.3) is 5.56 Å². The molecule has 4 aliphatic rings. The highest BCUT2D eigenvalue weighted by molar-refractivity contribution is 14.1. The molecule has 30 nitrogen and oxygen atoms in total. The number of hydrogen-bond acceptors (Lipinski definition) is 22. The van der Waals surface area contributed by atoms with Gasteiger partial charge in [0, 0.05) is 73.6 Å². The van der Waals surface area contributed by atoms with Gasteiger partial charge in [0.15, 0.2) is 17.1 Å². The topological polar surface area (TPSA) is 395 Å². The summed E-state index contributed by atoms with van der Waals surface area (Å²) in [5.41, 5.74) is 1.03. The Kier molecular flexibility index (Phi) is 29.6. The summed E-state index contributed by atoms with van der Waals surface area (Å²) in [5, 5.41) is 37.1. The number of hydrogen-bond donors (Lipinski definition) is 8. The summed E-state index contributed by atoms with van der Waals surface area (Å²) in [7, 11) is 0. The molecule has 556 valence electrons. The Bertz CT molecular complexity index is 3760. The van der Waals surface area contributed by atoms with E-state index in [2.05, 4.69) is 68.3 Å². The molecular weight excluding hydrogens is 1460 g/mol. The Labute approximate surface area is 608 Å². The molecule has 0 spiro atoms. The van der Waals surface area contributed by atoms with Crippen molar-refractivity contribution in [3.8, 4) is 22.9 Å². The maximum atomic E-state index is 14.0. The van der Waals surface area contributed by atoms with Gasteiger partial charge in [-0.2, -0.15) is 0 Å². The number of pyridine rings is 2. The number of halogens is 1. The Hall–Kier alpha value is -8.02. The van der Waals surface area contributed by atoms with Crippen molar-refractivity contribution < 1.29 is 96.1 Å². The van der Waals surface area contributed by atoms with Crippen LogP contribution in [0.1, 0.15) is 146 Å². The van der Waals surface area contributed by atoms with E-state index >= 15 is 0 Å². The maximum absolute atomic E-state index is 14.0. The van der Waals surface area contributed by atoms with E-state index in [1.165, 1.54) is 34.9 Å². The van der Waals surface area contributed by atoms with Gasteiger partial charge in [-0.1, -0.05) is 88.1 Å². The van der Waals surface area contributed by atoms with Gasteiger partial charge in [0.05, 0.1) is 89.9 Å². The summed E-state index contributed by atoms with van der Waals surface area (Å²) in [4.78, 5) is 150. The number of carbonyl (C=O) groups is 10. The average molecular weight is 1550 g/mol. The molecule has 2 aromatic heterocycles. The number of ether oxygens (including phenoxy) is 8. The van der Waals surface area contributed by atoms with E-state index in [0.717, 1.165) is 25.7 Å². The number of alkyl halides is 1. The van der Waals surface area contributed by atoms with Crippen LogP contribution < -0.4 is 46.9 Å². The van der Waals surface area contributed by atoms with Crippen LogP contribution in [0.3, 0.4) is 0 Å². The lowest BCUT2D eigenvalue weighted by Crippen LogP contribution is -2.55. The first-order valence-electron chi connectivity index (χ1n) is 34.4. The molecule has 8 rings (SSSR count). The Morgan fingerprint density at radius 3 is 2.14 bits per heavy atom. The lowest BCUT2D eigenvalue weighted by atomic mass is 9.86. The molecule has 102 heavy (non-hydrogen) atoms. The molecule has 0 saturated carbocycles. The first-order valence-corrected chi connectivity index (χ1v) is 36.4. The van der Waals surface area contributed by atoms with Crippen molar-refractivity contribution in [1.82, 2.24) is 41.0 Å². The number of carboxylic acids is 1. The number of esters is 1. The van der Waals surface area contributed by atoms with E-state index in [-0.39, 0.29) is 174 Å². The molecule has 8 N–H and O–H groups in total. The molecule has 6 heterocycles. The third-order valence-electron chi connectivity index (χ3n) is 17.5. The molecule has 4 aromatic rings. The standard InChI is InChI=1S/C70H92IN9O21S/c1-7-9-10-11-20-69(6,71)102-56-35-59(83)79(66(56)90)22-18-57(81)72-21-24-95-26-28-97-30-29-96-27-25-94-23-19-58(82)76-52(31-41(3)4)64(88)74-42(5)62(86)78-50(16-17-60(84)85)63(87)75-44-14-12-43(13-15-44)38-99-68(92)73-36-46-45-32-54-55(101-40-100-54)34-51(45)77-61-47(46)37-80-53(61)33-49-48(65(80)89)39-98-67(91)70(49,93)8-2/h12-15,32-34,41-42,50,52,56,93H,7-11,16-31,35-40H2,1-6H3,(H,72,81)(H,73,92)(H,74,88)(H,75,87)(H,76,82)(H,78,86)(H,84,85)/t42-,50-,52+,56?,69?,70-/m0/s1. The summed E-state index contributed by atoms with van der Waals surface area (Å²) in [5.74, 6) is -4.68. The molecule has 2 aromatic carbocycles. The number of anilines is 1. The van der Waals surface area contributed by atoms with Crippen LogP contribution in [0.25, 0.3) is 22.3 Å². The minimum atomic E-state index is -2.04. The summed E-state index contributed by atoms with van der Waals surface area (Å²) in [6, 6.07) is 7.60. The van der Waals surface area contributed by atoms with Crippen molar-refractivity contribution in [3.05, 3.63) is 80.6 Å². The van der Waals surface area contributed by atoms with E-state index in [4.69, 9.17) is 42.9 Å². The van der Waals surface area contributed by atoms with Crippen molar-refractivity contribution in [3.63, 3.8) is 0 Å². The molecule has 1 fully saturated rings. The number of alkyl carbamates (subject to hydrolysis) is 1. The third kappa shape index (κ3) is 22.0. The molecule has 32 heteroatoms. The van der Waals surface area contributed by atoms with Crippen LogP contribution in [0.4, 0.5) is 10.5 Å². The molecule has 1 saturated heterocycles. The fourth-order valence-corrected chi connectivity index (χ4v) is 14.5. The molecule has 8 amide bonds. The minimum absolute atomic E-state index is 0.0107. The van der Waals surface area contributed by atoms with Crippen molar-refractivity contribution in [1.29, 1.82) is 0 Å². The highest BCUT2D eigenvalue weighted by Gasteiger charge is 2.46. The minimum Gasteiger partial charge on any atom is -0.481 e.